The van der Waals surface area contributed by atoms with Gasteiger partial charge in [-0.25, -0.2) is 8.42 Å². The summed E-state index contributed by atoms with van der Waals surface area (Å²) in [4.78, 5) is 81.0. The maximum absolute atomic E-state index is 13.6. The second kappa shape index (κ2) is 17.6. The fourth-order valence-corrected chi connectivity index (χ4v) is 5.68. The molecule has 1 saturated heterocycles. The van der Waals surface area contributed by atoms with E-state index in [2.05, 4.69) is 26.6 Å². The van der Waals surface area contributed by atoms with Gasteiger partial charge in [0, 0.05) is 32.6 Å². The van der Waals surface area contributed by atoms with Crippen LogP contribution in [-0.4, -0.2) is 106 Å². The lowest BCUT2D eigenvalue weighted by molar-refractivity contribution is -0.139. The van der Waals surface area contributed by atoms with Gasteiger partial charge in [0.15, 0.2) is 0 Å². The molecular weight excluding hydrogens is 666 g/mol. The number of anilines is 1. The molecule has 2 aromatic rings. The minimum atomic E-state index is -3.52. The van der Waals surface area contributed by atoms with Crippen LogP contribution in [0.3, 0.4) is 0 Å². The molecule has 0 bridgehead atoms. The Hall–Kier alpha value is -4.99. The van der Waals surface area contributed by atoms with Gasteiger partial charge < -0.3 is 31.5 Å². The van der Waals surface area contributed by atoms with Crippen molar-refractivity contribution in [3.63, 3.8) is 0 Å². The lowest BCUT2D eigenvalue weighted by Crippen LogP contribution is -2.59. The quantitative estimate of drug-likeness (QED) is 0.262. The van der Waals surface area contributed by atoms with Gasteiger partial charge in [-0.2, -0.15) is 0 Å². The largest absolute Gasteiger partial charge is 0.355 e. The van der Waals surface area contributed by atoms with E-state index >= 15 is 0 Å². The molecule has 5 N–H and O–H groups in total. The number of nitrogens with zero attached hydrogens (tertiary/aromatic N) is 2. The molecule has 15 nitrogen and oxygen atoms in total. The molecule has 1 aliphatic rings. The summed E-state index contributed by atoms with van der Waals surface area (Å²) in [6.45, 7) is 4.69. The summed E-state index contributed by atoms with van der Waals surface area (Å²) in [5, 5.41) is 13.4. The lowest BCUT2D eigenvalue weighted by atomic mass is 10.0. The first-order valence-electron chi connectivity index (χ1n) is 16.3. The van der Waals surface area contributed by atoms with Crippen LogP contribution in [-0.2, 0) is 40.4 Å². The van der Waals surface area contributed by atoms with E-state index in [-0.39, 0.29) is 37.9 Å². The third-order valence-corrected chi connectivity index (χ3v) is 9.46. The average Bonchev–Trinajstić information content (AvgIpc) is 3.06. The number of carbonyl (C=O) groups is 6. The minimum absolute atomic E-state index is 0.0753. The van der Waals surface area contributed by atoms with Crippen molar-refractivity contribution in [2.75, 3.05) is 37.7 Å². The smallest absolute Gasteiger partial charge is 0.251 e. The maximum atomic E-state index is 13.6. The number of nitrogens with one attached hydrogen (secondary N) is 5. The number of hydrogen-bond donors (Lipinski definition) is 5. The SMILES string of the molecule is CC(C)[C@H]1NC(=O)[C@@H](NC(=O)c2ccc(N(C)S(C)(=O)=O)cc2)CCCNC(=O)CN(C)C(=O)[C@H](Cc2ccccc2)NC(=O)[C@@H](C)NC1=O. The fourth-order valence-electron chi connectivity index (χ4n) is 5.18. The molecule has 3 rings (SSSR count). The summed E-state index contributed by atoms with van der Waals surface area (Å²) in [5.74, 6) is -3.93. The van der Waals surface area contributed by atoms with Crippen LogP contribution < -0.4 is 30.9 Å². The Bertz CT molecular complexity index is 1650. The van der Waals surface area contributed by atoms with Crippen LogP contribution in [0.2, 0.25) is 0 Å². The van der Waals surface area contributed by atoms with Crippen molar-refractivity contribution in [2.24, 2.45) is 5.92 Å². The van der Waals surface area contributed by atoms with Crippen LogP contribution in [0.15, 0.2) is 54.6 Å². The standard InChI is InChI=1S/C34H47N7O8S/c1-21(2)29-33(46)36-22(3)30(43)38-27(19-23-11-8-7-9-12-23)34(47)40(4)20-28(42)35-18-10-13-26(32(45)39-29)37-31(44)24-14-16-25(17-15-24)41(5)50(6,48)49/h7-9,11-12,14-17,21-22,26-27,29H,10,13,18-20H2,1-6H3,(H,35,42)(H,36,46)(H,37,44)(H,38,43)(H,39,45)/t22-,26+,27+,29-/m1/s1. The van der Waals surface area contributed by atoms with Crippen molar-refractivity contribution in [1.29, 1.82) is 0 Å². The lowest BCUT2D eigenvalue weighted by Gasteiger charge is -2.28. The Morgan fingerprint density at radius 3 is 2.18 bits per heavy atom. The number of carbonyl (C=O) groups excluding carboxylic acids is 6. The van der Waals surface area contributed by atoms with Gasteiger partial charge in [-0.05, 0) is 55.5 Å². The van der Waals surface area contributed by atoms with Crippen LogP contribution in [0, 0.1) is 5.92 Å². The number of sulfonamides is 1. The van der Waals surface area contributed by atoms with E-state index in [0.29, 0.717) is 5.69 Å². The van der Waals surface area contributed by atoms with E-state index < -0.39 is 75.6 Å². The Labute approximate surface area is 293 Å². The molecule has 16 heteroatoms. The second-order valence-electron chi connectivity index (χ2n) is 12.7. The molecule has 0 aromatic heterocycles. The molecule has 272 valence electrons. The van der Waals surface area contributed by atoms with E-state index in [1.54, 1.807) is 26.0 Å². The molecule has 4 atom stereocenters. The molecule has 2 aromatic carbocycles. The zero-order chi connectivity index (χ0) is 37.2. The molecule has 0 unspecified atom stereocenters. The molecule has 0 saturated carbocycles. The molecule has 6 amide bonds. The van der Waals surface area contributed by atoms with Gasteiger partial charge in [0.25, 0.3) is 5.91 Å². The van der Waals surface area contributed by atoms with Gasteiger partial charge in [0.1, 0.15) is 24.2 Å². The highest BCUT2D eigenvalue weighted by Crippen LogP contribution is 2.17. The summed E-state index contributed by atoms with van der Waals surface area (Å²) in [7, 11) is -0.696. The zero-order valence-electron chi connectivity index (χ0n) is 29.2. The summed E-state index contributed by atoms with van der Waals surface area (Å²) in [6.07, 6.45) is 1.53. The van der Waals surface area contributed by atoms with Crippen molar-refractivity contribution >= 4 is 51.2 Å². The summed E-state index contributed by atoms with van der Waals surface area (Å²) in [6, 6.07) is 10.5. The van der Waals surface area contributed by atoms with Crippen LogP contribution in [0.1, 0.15) is 49.5 Å². The maximum Gasteiger partial charge on any atom is 0.251 e. The molecule has 0 aliphatic carbocycles. The number of benzene rings is 2. The molecule has 0 spiro atoms. The van der Waals surface area contributed by atoms with Gasteiger partial charge >= 0.3 is 0 Å². The highest BCUT2D eigenvalue weighted by atomic mass is 32.2. The van der Waals surface area contributed by atoms with Crippen molar-refractivity contribution in [2.45, 2.75) is 64.2 Å². The molecule has 1 heterocycles. The third kappa shape index (κ3) is 11.3. The topological polar surface area (TPSA) is 203 Å². The van der Waals surface area contributed by atoms with Gasteiger partial charge in [-0.15, -0.1) is 0 Å². The Morgan fingerprint density at radius 2 is 1.58 bits per heavy atom. The van der Waals surface area contributed by atoms with Crippen molar-refractivity contribution in [3.05, 3.63) is 65.7 Å². The average molecular weight is 714 g/mol. The molecule has 0 radical (unpaired) electrons. The molecule has 50 heavy (non-hydrogen) atoms. The van der Waals surface area contributed by atoms with E-state index in [9.17, 15) is 37.2 Å². The van der Waals surface area contributed by atoms with E-state index in [1.807, 2.05) is 18.2 Å². The van der Waals surface area contributed by atoms with Crippen LogP contribution in [0.4, 0.5) is 5.69 Å². The Balaban J connectivity index is 1.84. The first-order valence-corrected chi connectivity index (χ1v) is 18.1. The Kier molecular flexibility index (Phi) is 13.9. The van der Waals surface area contributed by atoms with Crippen molar-refractivity contribution < 1.29 is 37.2 Å². The predicted octanol–water partition coefficient (Wildman–Crippen LogP) is -0.0778. The van der Waals surface area contributed by atoms with Gasteiger partial charge in [0.05, 0.1) is 18.5 Å². The highest BCUT2D eigenvalue weighted by Gasteiger charge is 2.32. The van der Waals surface area contributed by atoms with Gasteiger partial charge in [-0.3, -0.25) is 33.1 Å². The second-order valence-corrected chi connectivity index (χ2v) is 14.7. The van der Waals surface area contributed by atoms with E-state index in [1.165, 1.54) is 50.2 Å². The highest BCUT2D eigenvalue weighted by molar-refractivity contribution is 7.92. The normalized spacial score (nSPS) is 22.0. The van der Waals surface area contributed by atoms with Crippen LogP contribution in [0.5, 0.6) is 0 Å². The summed E-state index contributed by atoms with van der Waals surface area (Å²) >= 11 is 0. The van der Waals surface area contributed by atoms with Crippen LogP contribution in [0.25, 0.3) is 0 Å². The van der Waals surface area contributed by atoms with Crippen molar-refractivity contribution in [3.8, 4) is 0 Å². The van der Waals surface area contributed by atoms with Crippen LogP contribution >= 0.6 is 0 Å². The first-order chi connectivity index (χ1) is 23.5. The monoisotopic (exact) mass is 713 g/mol. The van der Waals surface area contributed by atoms with Crippen molar-refractivity contribution in [1.82, 2.24) is 31.5 Å². The summed E-state index contributed by atoms with van der Waals surface area (Å²) < 4.78 is 24.8. The molecule has 1 fully saturated rings. The summed E-state index contributed by atoms with van der Waals surface area (Å²) in [5.41, 5.74) is 1.28. The number of amides is 6. The van der Waals surface area contributed by atoms with Gasteiger partial charge in [-0.1, -0.05) is 44.2 Å². The minimum Gasteiger partial charge on any atom is -0.355 e. The molecular formula is C34H47N7O8S. The number of rotatable bonds is 7. The number of likely N-dealkylation sites (N-methyl/N-ethyl adjacent to an activating group) is 1. The third-order valence-electron chi connectivity index (χ3n) is 8.26. The predicted molar refractivity (Wildman–Crippen MR) is 187 cm³/mol. The number of hydrogen-bond acceptors (Lipinski definition) is 8. The van der Waals surface area contributed by atoms with Gasteiger partial charge in [0.2, 0.25) is 39.6 Å². The zero-order valence-corrected chi connectivity index (χ0v) is 30.0. The van der Waals surface area contributed by atoms with E-state index in [4.69, 9.17) is 0 Å². The fraction of sp³-hybridized carbons (Fsp3) is 0.471. The Morgan fingerprint density at radius 1 is 0.940 bits per heavy atom. The first kappa shape index (κ1) is 39.4. The molecule has 1 aliphatic heterocycles. The van der Waals surface area contributed by atoms with E-state index in [0.717, 1.165) is 16.1 Å².